The van der Waals surface area contributed by atoms with Gasteiger partial charge in [0.2, 0.25) is 5.72 Å². The van der Waals surface area contributed by atoms with E-state index in [0.717, 1.165) is 0 Å². The molecule has 0 bridgehead atoms. The number of esters is 1. The van der Waals surface area contributed by atoms with Gasteiger partial charge in [-0.2, -0.15) is 5.26 Å². The van der Waals surface area contributed by atoms with Crippen LogP contribution < -0.4 is 5.73 Å². The molecule has 0 aliphatic carbocycles. The van der Waals surface area contributed by atoms with E-state index >= 15 is 4.39 Å². The zero-order valence-corrected chi connectivity index (χ0v) is 14.2. The minimum absolute atomic E-state index is 0.192. The van der Waals surface area contributed by atoms with E-state index in [9.17, 15) is 15.2 Å². The van der Waals surface area contributed by atoms with Crippen LogP contribution in [0.1, 0.15) is 20.3 Å². The third-order valence-corrected chi connectivity index (χ3v) is 4.26. The Morgan fingerprint density at radius 1 is 1.65 bits per heavy atom. The van der Waals surface area contributed by atoms with E-state index in [1.165, 1.54) is 17.1 Å². The third-order valence-electron chi connectivity index (χ3n) is 4.26. The quantitative estimate of drug-likeness (QED) is 0.763. The van der Waals surface area contributed by atoms with Crippen LogP contribution in [-0.4, -0.2) is 44.2 Å². The van der Waals surface area contributed by atoms with Crippen LogP contribution in [0.25, 0.3) is 11.0 Å². The van der Waals surface area contributed by atoms with E-state index in [0.29, 0.717) is 5.39 Å². The average Bonchev–Trinajstić information content (AvgIpc) is 3.14. The van der Waals surface area contributed by atoms with E-state index in [1.807, 2.05) is 6.07 Å². The van der Waals surface area contributed by atoms with Crippen LogP contribution >= 0.6 is 0 Å². The van der Waals surface area contributed by atoms with E-state index in [1.54, 1.807) is 19.9 Å². The highest BCUT2D eigenvalue weighted by molar-refractivity contribution is 5.86. The van der Waals surface area contributed by atoms with Gasteiger partial charge in [0.1, 0.15) is 30.0 Å². The van der Waals surface area contributed by atoms with Crippen LogP contribution in [0.15, 0.2) is 18.6 Å². The summed E-state index contributed by atoms with van der Waals surface area (Å²) in [5.41, 5.74) is 4.16. The molecule has 3 N–H and O–H groups in total. The predicted molar refractivity (Wildman–Crippen MR) is 86.9 cm³/mol. The Morgan fingerprint density at radius 3 is 3.04 bits per heavy atom. The molecule has 9 nitrogen and oxygen atoms in total. The Bertz CT molecular complexity index is 894. The van der Waals surface area contributed by atoms with Crippen LogP contribution in [0.4, 0.5) is 10.2 Å². The summed E-state index contributed by atoms with van der Waals surface area (Å²) in [6.45, 7) is 2.36. The number of aliphatic hydroxyl groups is 1. The standard InChI is InChI=1S/C16H18FN5O4/c1-9(2)14(24)25-7-16(17)11(23)5-15(6-18,26-16)22-4-3-10-12(19)20-8-21-13(10)22/h3-4,8-9,11,23H,5,7H2,1-2H3,(H2,19,20,21)/t11-,15-,16+/m0/s1. The number of fused-ring (bicyclic) bond motifs is 1. The minimum atomic E-state index is -2.73. The summed E-state index contributed by atoms with van der Waals surface area (Å²) in [7, 11) is 0. The van der Waals surface area contributed by atoms with Crippen molar-refractivity contribution in [2.45, 2.75) is 38.0 Å². The van der Waals surface area contributed by atoms with E-state index in [2.05, 4.69) is 9.97 Å². The minimum Gasteiger partial charge on any atom is -0.459 e. The summed E-state index contributed by atoms with van der Waals surface area (Å²) in [6, 6.07) is 3.45. The molecule has 0 amide bonds. The molecule has 3 heterocycles. The van der Waals surface area contributed by atoms with Gasteiger partial charge in [0, 0.05) is 12.6 Å². The number of nitrogens with zero attached hydrogens (tertiary/aromatic N) is 4. The zero-order chi connectivity index (χ0) is 19.1. The summed E-state index contributed by atoms with van der Waals surface area (Å²) in [4.78, 5) is 19.5. The second-order valence-corrected chi connectivity index (χ2v) is 6.45. The first-order chi connectivity index (χ1) is 12.2. The van der Waals surface area contributed by atoms with Gasteiger partial charge in [-0.3, -0.25) is 14.1 Å². The number of carbonyl (C=O) groups is 1. The van der Waals surface area contributed by atoms with Crippen LogP contribution in [0.5, 0.6) is 0 Å². The molecule has 3 rings (SSSR count). The summed E-state index contributed by atoms with van der Waals surface area (Å²) < 4.78 is 26.6. The van der Waals surface area contributed by atoms with Gasteiger partial charge in [0.05, 0.1) is 11.3 Å². The maximum Gasteiger partial charge on any atom is 0.308 e. The fourth-order valence-corrected chi connectivity index (χ4v) is 2.80. The van der Waals surface area contributed by atoms with Gasteiger partial charge >= 0.3 is 5.97 Å². The van der Waals surface area contributed by atoms with Gasteiger partial charge in [0.25, 0.3) is 5.85 Å². The van der Waals surface area contributed by atoms with Crippen molar-refractivity contribution in [2.24, 2.45) is 5.92 Å². The number of hydrogen-bond acceptors (Lipinski definition) is 8. The van der Waals surface area contributed by atoms with Gasteiger partial charge in [-0.25, -0.2) is 14.4 Å². The van der Waals surface area contributed by atoms with Crippen LogP contribution in [0, 0.1) is 17.2 Å². The second-order valence-electron chi connectivity index (χ2n) is 6.45. The summed E-state index contributed by atoms with van der Waals surface area (Å²) in [5, 5.41) is 20.3. The SMILES string of the molecule is CC(C)C(=O)OC[C@@]1(F)O[C@@](C#N)(n2ccc3c(N)ncnc32)C[C@@H]1O. The van der Waals surface area contributed by atoms with Crippen molar-refractivity contribution in [1.29, 1.82) is 5.26 Å². The van der Waals surface area contributed by atoms with Crippen LogP contribution in [0.2, 0.25) is 0 Å². The number of alkyl halides is 1. The maximum atomic E-state index is 15.1. The molecule has 10 heteroatoms. The number of hydrogen-bond donors (Lipinski definition) is 2. The number of nitriles is 1. The van der Waals surface area contributed by atoms with Crippen molar-refractivity contribution in [2.75, 3.05) is 12.3 Å². The van der Waals surface area contributed by atoms with Crippen molar-refractivity contribution < 1.29 is 23.8 Å². The number of ether oxygens (including phenoxy) is 2. The summed E-state index contributed by atoms with van der Waals surface area (Å²) in [5.74, 6) is -3.64. The number of nitrogens with two attached hydrogens (primary N) is 1. The first kappa shape index (κ1) is 18.0. The fourth-order valence-electron chi connectivity index (χ4n) is 2.80. The lowest BCUT2D eigenvalue weighted by atomic mass is 10.1. The smallest absolute Gasteiger partial charge is 0.308 e. The largest absolute Gasteiger partial charge is 0.459 e. The van der Waals surface area contributed by atoms with E-state index in [4.69, 9.17) is 15.2 Å². The van der Waals surface area contributed by atoms with Crippen molar-refractivity contribution in [3.63, 3.8) is 0 Å². The van der Waals surface area contributed by atoms with Crippen LogP contribution in [-0.2, 0) is 20.0 Å². The molecule has 26 heavy (non-hydrogen) atoms. The number of aromatic nitrogens is 3. The van der Waals surface area contributed by atoms with Crippen molar-refractivity contribution in [3.8, 4) is 6.07 Å². The Morgan fingerprint density at radius 2 is 2.38 bits per heavy atom. The van der Waals surface area contributed by atoms with Gasteiger partial charge in [0.15, 0.2) is 6.61 Å². The lowest BCUT2D eigenvalue weighted by Crippen LogP contribution is -2.42. The number of carbonyl (C=O) groups excluding carboxylic acids is 1. The molecule has 1 saturated heterocycles. The lowest BCUT2D eigenvalue weighted by Gasteiger charge is -2.27. The number of anilines is 1. The van der Waals surface area contributed by atoms with E-state index < -0.39 is 36.2 Å². The highest BCUT2D eigenvalue weighted by Gasteiger charge is 2.59. The van der Waals surface area contributed by atoms with Gasteiger partial charge in [-0.05, 0) is 6.07 Å². The molecule has 1 fully saturated rings. The average molecular weight is 363 g/mol. The number of rotatable bonds is 4. The topological polar surface area (TPSA) is 136 Å². The number of nitrogen functional groups attached to an aromatic ring is 1. The molecule has 2 aromatic rings. The Balaban J connectivity index is 1.95. The molecule has 0 radical (unpaired) electrons. The first-order valence-electron chi connectivity index (χ1n) is 7.95. The predicted octanol–water partition coefficient (Wildman–Crippen LogP) is 0.836. The summed E-state index contributed by atoms with van der Waals surface area (Å²) >= 11 is 0. The fraction of sp³-hybridized carbons (Fsp3) is 0.500. The molecule has 0 unspecified atom stereocenters. The second kappa shape index (κ2) is 6.19. The van der Waals surface area contributed by atoms with Gasteiger partial charge in [-0.1, -0.05) is 13.8 Å². The molecule has 0 aromatic carbocycles. The van der Waals surface area contributed by atoms with Crippen molar-refractivity contribution >= 4 is 22.8 Å². The molecule has 3 atom stereocenters. The molecule has 138 valence electrons. The highest BCUT2D eigenvalue weighted by atomic mass is 19.2. The highest BCUT2D eigenvalue weighted by Crippen LogP contribution is 2.44. The monoisotopic (exact) mass is 363 g/mol. The normalized spacial score (nSPS) is 28.4. The molecular formula is C16H18FN5O4. The Kier molecular flexibility index (Phi) is 4.29. The van der Waals surface area contributed by atoms with E-state index in [-0.39, 0.29) is 17.9 Å². The lowest BCUT2D eigenvalue weighted by molar-refractivity contribution is -0.232. The maximum absolute atomic E-state index is 15.1. The molecule has 0 saturated carbocycles. The molecular weight excluding hydrogens is 345 g/mol. The number of aliphatic hydroxyl groups excluding tert-OH is 1. The van der Waals surface area contributed by atoms with Gasteiger partial charge in [-0.15, -0.1) is 0 Å². The molecule has 1 aliphatic rings. The molecule has 1 aliphatic heterocycles. The number of halogens is 1. The Labute approximate surface area is 148 Å². The van der Waals surface area contributed by atoms with Crippen molar-refractivity contribution in [3.05, 3.63) is 18.6 Å². The van der Waals surface area contributed by atoms with Gasteiger partial charge < -0.3 is 15.6 Å². The van der Waals surface area contributed by atoms with Crippen LogP contribution in [0.3, 0.4) is 0 Å². The third kappa shape index (κ3) is 2.75. The first-order valence-corrected chi connectivity index (χ1v) is 7.95. The zero-order valence-electron chi connectivity index (χ0n) is 14.2. The van der Waals surface area contributed by atoms with Crippen molar-refractivity contribution in [1.82, 2.24) is 14.5 Å². The molecule has 2 aromatic heterocycles. The summed E-state index contributed by atoms with van der Waals surface area (Å²) in [6.07, 6.45) is 0.598. The Hall–Kier alpha value is -2.77. The molecule has 0 spiro atoms.